The van der Waals surface area contributed by atoms with Crippen LogP contribution in [0.4, 0.5) is 0 Å². The number of aromatic hydroxyl groups is 1. The maximum atomic E-state index is 9.16. The smallest absolute Gasteiger partial charge is 0.128 e. The van der Waals surface area contributed by atoms with Gasteiger partial charge in [0.25, 0.3) is 0 Å². The summed E-state index contributed by atoms with van der Waals surface area (Å²) in [5.41, 5.74) is 0.884. The molecule has 0 spiro atoms. The zero-order chi connectivity index (χ0) is 10.7. The first-order valence-electron chi connectivity index (χ1n) is 5.40. The van der Waals surface area contributed by atoms with E-state index >= 15 is 0 Å². The van der Waals surface area contributed by atoms with Crippen molar-refractivity contribution in [3.63, 3.8) is 0 Å². The van der Waals surface area contributed by atoms with E-state index in [9.17, 15) is 0 Å². The molecule has 1 fully saturated rings. The summed E-state index contributed by atoms with van der Waals surface area (Å²) in [6, 6.07) is 6.86. The lowest BCUT2D eigenvalue weighted by molar-refractivity contribution is 0.341. The van der Waals surface area contributed by atoms with Crippen LogP contribution in [0.5, 0.6) is 5.75 Å². The third kappa shape index (κ3) is 2.29. The molecule has 80 valence electrons. The monoisotopic (exact) mass is 204 g/mol. The van der Waals surface area contributed by atoms with E-state index in [2.05, 4.69) is 4.90 Å². The van der Waals surface area contributed by atoms with E-state index in [1.165, 1.54) is 19.3 Å². The number of nitrogens with zero attached hydrogens (tertiary/aromatic N) is 1. The Morgan fingerprint density at radius 3 is 2.27 bits per heavy atom. The Kier molecular flexibility index (Phi) is 2.90. The zero-order valence-corrected chi connectivity index (χ0v) is 8.74. The molecule has 0 radical (unpaired) electrons. The van der Waals surface area contributed by atoms with Gasteiger partial charge in [-0.15, -0.1) is 0 Å². The third-order valence-corrected chi connectivity index (χ3v) is 2.81. The molecule has 2 N–H and O–H groups in total. The Labute approximate surface area is 89.9 Å². The molecule has 0 aliphatic carbocycles. The molecule has 0 unspecified atom stereocenters. The van der Waals surface area contributed by atoms with Gasteiger partial charge in [-0.2, -0.15) is 0 Å². The minimum absolute atomic E-state index is 0.255. The van der Waals surface area contributed by atoms with Crippen LogP contribution in [0.2, 0.25) is 0 Å². The Morgan fingerprint density at radius 2 is 1.67 bits per heavy atom. The summed E-state index contributed by atoms with van der Waals surface area (Å²) in [5, 5.41) is 17.2. The molecule has 0 amide bonds. The summed E-state index contributed by atoms with van der Waals surface area (Å²) >= 11 is 0. The second-order valence-corrected chi connectivity index (χ2v) is 3.94. The van der Waals surface area contributed by atoms with Crippen LogP contribution in [-0.4, -0.2) is 28.9 Å². The minimum atomic E-state index is 0.255. The zero-order valence-electron chi connectivity index (χ0n) is 8.74. The molecule has 0 atom stereocenters. The van der Waals surface area contributed by atoms with E-state index in [0.29, 0.717) is 5.84 Å². The van der Waals surface area contributed by atoms with E-state index in [1.807, 2.05) is 0 Å². The summed E-state index contributed by atoms with van der Waals surface area (Å²) < 4.78 is 0. The van der Waals surface area contributed by atoms with Crippen molar-refractivity contribution in [3.8, 4) is 5.75 Å². The van der Waals surface area contributed by atoms with Gasteiger partial charge in [0.05, 0.1) is 0 Å². The molecule has 15 heavy (non-hydrogen) atoms. The maximum Gasteiger partial charge on any atom is 0.128 e. The van der Waals surface area contributed by atoms with Crippen molar-refractivity contribution in [2.24, 2.45) is 0 Å². The SMILES string of the molecule is N=C(c1ccc(O)cc1)N1CCCCC1. The highest BCUT2D eigenvalue weighted by Gasteiger charge is 2.14. The topological polar surface area (TPSA) is 47.3 Å². The molecule has 1 aromatic carbocycles. The number of hydrogen-bond donors (Lipinski definition) is 2. The van der Waals surface area contributed by atoms with E-state index in [0.717, 1.165) is 18.7 Å². The first-order chi connectivity index (χ1) is 7.27. The highest BCUT2D eigenvalue weighted by Crippen LogP contribution is 2.15. The first-order valence-corrected chi connectivity index (χ1v) is 5.40. The predicted molar refractivity (Wildman–Crippen MR) is 60.4 cm³/mol. The van der Waals surface area contributed by atoms with E-state index < -0.39 is 0 Å². The lowest BCUT2D eigenvalue weighted by atomic mass is 10.1. The predicted octanol–water partition coefficient (Wildman–Crippen LogP) is 2.20. The Hall–Kier alpha value is -1.51. The molecule has 1 heterocycles. The molecular formula is C12H16N2O. The van der Waals surface area contributed by atoms with Gasteiger partial charge in [0, 0.05) is 18.7 Å². The molecule has 2 rings (SSSR count). The van der Waals surface area contributed by atoms with Gasteiger partial charge in [-0.05, 0) is 43.5 Å². The summed E-state index contributed by atoms with van der Waals surface area (Å²) in [5.74, 6) is 0.833. The summed E-state index contributed by atoms with van der Waals surface area (Å²) in [6.45, 7) is 1.97. The van der Waals surface area contributed by atoms with Crippen molar-refractivity contribution in [1.29, 1.82) is 5.41 Å². The summed E-state index contributed by atoms with van der Waals surface area (Å²) in [4.78, 5) is 2.11. The fourth-order valence-electron chi connectivity index (χ4n) is 1.92. The summed E-state index contributed by atoms with van der Waals surface area (Å²) in [6.07, 6.45) is 3.64. The Bertz CT molecular complexity index is 339. The van der Waals surface area contributed by atoms with Crippen LogP contribution < -0.4 is 0 Å². The van der Waals surface area contributed by atoms with Crippen molar-refractivity contribution in [3.05, 3.63) is 29.8 Å². The van der Waals surface area contributed by atoms with Crippen LogP contribution in [0.25, 0.3) is 0 Å². The molecule has 0 bridgehead atoms. The number of amidine groups is 1. The van der Waals surface area contributed by atoms with Crippen LogP contribution in [0.15, 0.2) is 24.3 Å². The summed E-state index contributed by atoms with van der Waals surface area (Å²) in [7, 11) is 0. The van der Waals surface area contributed by atoms with Gasteiger partial charge in [0.15, 0.2) is 0 Å². The number of phenolic OH excluding ortho intramolecular Hbond substituents is 1. The highest BCUT2D eigenvalue weighted by molar-refractivity contribution is 5.96. The van der Waals surface area contributed by atoms with E-state index in [1.54, 1.807) is 24.3 Å². The van der Waals surface area contributed by atoms with Crippen LogP contribution in [-0.2, 0) is 0 Å². The number of nitrogens with one attached hydrogen (secondary N) is 1. The van der Waals surface area contributed by atoms with Crippen molar-refractivity contribution >= 4 is 5.84 Å². The largest absolute Gasteiger partial charge is 0.508 e. The van der Waals surface area contributed by atoms with E-state index in [4.69, 9.17) is 10.5 Å². The van der Waals surface area contributed by atoms with Crippen LogP contribution in [0, 0.1) is 5.41 Å². The minimum Gasteiger partial charge on any atom is -0.508 e. The lowest BCUT2D eigenvalue weighted by Gasteiger charge is -2.29. The van der Waals surface area contributed by atoms with Gasteiger partial charge in [-0.3, -0.25) is 5.41 Å². The van der Waals surface area contributed by atoms with Crippen LogP contribution in [0.1, 0.15) is 24.8 Å². The van der Waals surface area contributed by atoms with Crippen molar-refractivity contribution in [1.82, 2.24) is 4.90 Å². The molecule has 1 aliphatic rings. The molecule has 1 saturated heterocycles. The fraction of sp³-hybridized carbons (Fsp3) is 0.417. The molecule has 1 aromatic rings. The average Bonchev–Trinajstić information content (AvgIpc) is 2.30. The first kappa shape index (κ1) is 10.0. The van der Waals surface area contributed by atoms with Gasteiger partial charge in [-0.25, -0.2) is 0 Å². The number of phenols is 1. The molecular weight excluding hydrogens is 188 g/mol. The van der Waals surface area contributed by atoms with Gasteiger partial charge in [0.2, 0.25) is 0 Å². The molecule has 1 aliphatic heterocycles. The van der Waals surface area contributed by atoms with Crippen molar-refractivity contribution in [2.45, 2.75) is 19.3 Å². The van der Waals surface area contributed by atoms with Gasteiger partial charge in [0.1, 0.15) is 11.6 Å². The molecule has 3 heteroatoms. The third-order valence-electron chi connectivity index (χ3n) is 2.81. The molecule has 0 aromatic heterocycles. The fourth-order valence-corrected chi connectivity index (χ4v) is 1.92. The number of piperidine rings is 1. The number of rotatable bonds is 1. The van der Waals surface area contributed by atoms with Gasteiger partial charge < -0.3 is 10.0 Å². The van der Waals surface area contributed by atoms with Gasteiger partial charge >= 0.3 is 0 Å². The second kappa shape index (κ2) is 4.34. The number of likely N-dealkylation sites (tertiary alicyclic amines) is 1. The second-order valence-electron chi connectivity index (χ2n) is 3.94. The number of benzene rings is 1. The molecule has 0 saturated carbocycles. The van der Waals surface area contributed by atoms with Crippen molar-refractivity contribution < 1.29 is 5.11 Å². The quantitative estimate of drug-likeness (QED) is 0.544. The standard InChI is InChI=1S/C12H16N2O/c13-12(14-8-2-1-3-9-14)10-4-6-11(15)7-5-10/h4-7,13,15H,1-3,8-9H2. The van der Waals surface area contributed by atoms with Gasteiger partial charge in [-0.1, -0.05) is 0 Å². The lowest BCUT2D eigenvalue weighted by Crippen LogP contribution is -2.35. The van der Waals surface area contributed by atoms with Crippen LogP contribution in [0.3, 0.4) is 0 Å². The average molecular weight is 204 g/mol. The van der Waals surface area contributed by atoms with E-state index in [-0.39, 0.29) is 5.75 Å². The Balaban J connectivity index is 2.09. The van der Waals surface area contributed by atoms with Crippen molar-refractivity contribution in [2.75, 3.05) is 13.1 Å². The highest BCUT2D eigenvalue weighted by atomic mass is 16.3. The molecule has 3 nitrogen and oxygen atoms in total. The normalized spacial score (nSPS) is 16.4. The van der Waals surface area contributed by atoms with Crippen LogP contribution >= 0.6 is 0 Å². The maximum absolute atomic E-state index is 9.16. The Morgan fingerprint density at radius 1 is 1.07 bits per heavy atom. The number of hydrogen-bond acceptors (Lipinski definition) is 2.